The van der Waals surface area contributed by atoms with Crippen molar-refractivity contribution in [3.63, 3.8) is 0 Å². The van der Waals surface area contributed by atoms with Gasteiger partial charge in [0.25, 0.3) is 5.91 Å². The molecule has 0 saturated heterocycles. The maximum absolute atomic E-state index is 13.9. The summed E-state index contributed by atoms with van der Waals surface area (Å²) in [4.78, 5) is 26.5. The van der Waals surface area contributed by atoms with Crippen LogP contribution in [0.2, 0.25) is 0 Å². The molecule has 190 valence electrons. The second-order valence-corrected chi connectivity index (χ2v) is 11.2. The summed E-state index contributed by atoms with van der Waals surface area (Å²) >= 11 is 2.52. The number of alkyl halides is 3. The van der Waals surface area contributed by atoms with Gasteiger partial charge in [-0.15, -0.1) is 23.1 Å². The third kappa shape index (κ3) is 4.83. The molecule has 2 aliphatic rings. The number of halogens is 3. The highest BCUT2D eigenvalue weighted by Crippen LogP contribution is 2.43. The molecule has 3 aromatic rings. The molecule has 2 aliphatic heterocycles. The van der Waals surface area contributed by atoms with Crippen molar-refractivity contribution in [3.8, 4) is 10.6 Å². The van der Waals surface area contributed by atoms with Crippen LogP contribution >= 0.6 is 23.1 Å². The number of carbonyl (C=O) groups is 1. The number of nitrogens with zero attached hydrogens (tertiary/aromatic N) is 4. The molecular formula is C25H26F3N5OS2. The molecular weight excluding hydrogens is 507 g/mol. The number of rotatable bonds is 4. The molecule has 4 heterocycles. The van der Waals surface area contributed by atoms with Gasteiger partial charge < -0.3 is 10.2 Å². The Labute approximate surface area is 215 Å². The van der Waals surface area contributed by atoms with Crippen LogP contribution in [-0.4, -0.2) is 58.1 Å². The summed E-state index contributed by atoms with van der Waals surface area (Å²) in [5, 5.41) is 3.14. The Morgan fingerprint density at radius 2 is 1.97 bits per heavy atom. The average Bonchev–Trinajstić information content (AvgIpc) is 3.21. The fourth-order valence-corrected chi connectivity index (χ4v) is 6.90. The fourth-order valence-electron chi connectivity index (χ4n) is 4.47. The van der Waals surface area contributed by atoms with Crippen LogP contribution in [0.25, 0.3) is 10.6 Å². The average molecular weight is 534 g/mol. The van der Waals surface area contributed by atoms with E-state index in [1.807, 2.05) is 6.92 Å². The van der Waals surface area contributed by atoms with Crippen molar-refractivity contribution in [2.45, 2.75) is 37.9 Å². The molecule has 1 aromatic carbocycles. The van der Waals surface area contributed by atoms with Crippen molar-refractivity contribution in [1.82, 2.24) is 19.8 Å². The van der Waals surface area contributed by atoms with E-state index < -0.39 is 11.7 Å². The molecule has 0 aliphatic carbocycles. The lowest BCUT2D eigenvalue weighted by atomic mass is 9.96. The van der Waals surface area contributed by atoms with E-state index in [0.29, 0.717) is 26.9 Å². The van der Waals surface area contributed by atoms with E-state index in [4.69, 9.17) is 0 Å². The first-order valence-corrected chi connectivity index (χ1v) is 13.5. The Morgan fingerprint density at radius 1 is 1.17 bits per heavy atom. The van der Waals surface area contributed by atoms with Crippen molar-refractivity contribution < 1.29 is 18.0 Å². The first kappa shape index (κ1) is 25.0. The minimum absolute atomic E-state index is 0.0896. The van der Waals surface area contributed by atoms with Crippen molar-refractivity contribution in [1.29, 1.82) is 0 Å². The van der Waals surface area contributed by atoms with Crippen molar-refractivity contribution >= 4 is 40.6 Å². The third-order valence-corrected chi connectivity index (χ3v) is 8.86. The minimum Gasteiger partial charge on any atom is -0.340 e. The zero-order chi connectivity index (χ0) is 25.6. The van der Waals surface area contributed by atoms with Crippen LogP contribution in [0.15, 0.2) is 29.3 Å². The number of hydrogen-bond donors (Lipinski definition) is 1. The van der Waals surface area contributed by atoms with Gasteiger partial charge in [0, 0.05) is 49.2 Å². The highest BCUT2D eigenvalue weighted by atomic mass is 32.2. The molecule has 0 saturated carbocycles. The summed E-state index contributed by atoms with van der Waals surface area (Å²) in [5.74, 6) is 0.590. The van der Waals surface area contributed by atoms with Crippen LogP contribution in [0.3, 0.4) is 0 Å². The lowest BCUT2D eigenvalue weighted by Crippen LogP contribution is -2.30. The van der Waals surface area contributed by atoms with Crippen LogP contribution in [0.4, 0.5) is 24.8 Å². The normalized spacial score (nSPS) is 16.5. The van der Waals surface area contributed by atoms with Crippen LogP contribution in [0.5, 0.6) is 0 Å². The Morgan fingerprint density at radius 3 is 2.72 bits per heavy atom. The summed E-state index contributed by atoms with van der Waals surface area (Å²) in [7, 11) is 1.70. The highest BCUT2D eigenvalue weighted by molar-refractivity contribution is 7.99. The largest absolute Gasteiger partial charge is 0.420 e. The number of likely N-dealkylation sites (N-methyl/N-ethyl adjacent to an activating group) is 1. The van der Waals surface area contributed by atoms with E-state index in [9.17, 15) is 18.0 Å². The second-order valence-electron chi connectivity index (χ2n) is 9.01. The quantitative estimate of drug-likeness (QED) is 0.455. The van der Waals surface area contributed by atoms with Gasteiger partial charge in [-0.3, -0.25) is 9.69 Å². The van der Waals surface area contributed by atoms with Gasteiger partial charge in [0.15, 0.2) is 0 Å². The molecule has 0 atom stereocenters. The topological polar surface area (TPSA) is 61.4 Å². The van der Waals surface area contributed by atoms with Crippen molar-refractivity contribution in [2.24, 2.45) is 0 Å². The number of nitrogens with one attached hydrogen (secondary N) is 1. The Bertz CT molecular complexity index is 1320. The minimum atomic E-state index is -4.63. The number of fused-ring (bicyclic) bond motifs is 2. The predicted molar refractivity (Wildman–Crippen MR) is 137 cm³/mol. The van der Waals surface area contributed by atoms with Gasteiger partial charge in [-0.25, -0.2) is 9.97 Å². The number of thioether (sulfide) groups is 1. The van der Waals surface area contributed by atoms with Crippen LogP contribution < -0.4 is 5.32 Å². The molecule has 1 amide bonds. The lowest BCUT2D eigenvalue weighted by molar-refractivity contribution is -0.137. The molecule has 6 nitrogen and oxygen atoms in total. The summed E-state index contributed by atoms with van der Waals surface area (Å²) in [6.07, 6.45) is -2.89. The number of hydrogen-bond acceptors (Lipinski definition) is 7. The monoisotopic (exact) mass is 533 g/mol. The number of thiophene rings is 1. The van der Waals surface area contributed by atoms with Crippen molar-refractivity contribution in [2.75, 3.05) is 37.8 Å². The first-order valence-electron chi connectivity index (χ1n) is 11.7. The Balaban J connectivity index is 1.52. The van der Waals surface area contributed by atoms with Gasteiger partial charge >= 0.3 is 6.18 Å². The Kier molecular flexibility index (Phi) is 6.73. The molecule has 0 spiro atoms. The SMILES string of the molecule is CCN1CCc2cc(Nc3ncc(C(F)(F)F)c(-c4cc5c(s4)C(=O)N(C)CCS5)n3)c(C)cc2C1. The number of aromatic nitrogens is 2. The maximum atomic E-state index is 13.9. The molecule has 2 aromatic heterocycles. The molecule has 5 rings (SSSR count). The van der Waals surface area contributed by atoms with E-state index in [1.54, 1.807) is 18.0 Å². The van der Waals surface area contributed by atoms with Crippen LogP contribution in [-0.2, 0) is 19.1 Å². The molecule has 0 bridgehead atoms. The smallest absolute Gasteiger partial charge is 0.340 e. The van der Waals surface area contributed by atoms with Gasteiger partial charge in [0.1, 0.15) is 10.4 Å². The summed E-state index contributed by atoms with van der Waals surface area (Å²) in [6.45, 7) is 7.56. The van der Waals surface area contributed by atoms with E-state index in [1.165, 1.54) is 22.9 Å². The van der Waals surface area contributed by atoms with Crippen LogP contribution in [0, 0.1) is 6.92 Å². The fraction of sp³-hybridized carbons (Fsp3) is 0.400. The summed E-state index contributed by atoms with van der Waals surface area (Å²) < 4.78 is 41.7. The van der Waals surface area contributed by atoms with Gasteiger partial charge in [-0.2, -0.15) is 13.2 Å². The van der Waals surface area contributed by atoms with Gasteiger partial charge in [-0.05, 0) is 48.7 Å². The summed E-state index contributed by atoms with van der Waals surface area (Å²) in [5.41, 5.74) is 3.11. The van der Waals surface area contributed by atoms with Gasteiger partial charge in [0.2, 0.25) is 5.95 Å². The maximum Gasteiger partial charge on any atom is 0.420 e. The van der Waals surface area contributed by atoms with E-state index in [2.05, 4.69) is 39.2 Å². The van der Waals surface area contributed by atoms with Crippen molar-refractivity contribution in [3.05, 3.63) is 51.5 Å². The van der Waals surface area contributed by atoms with Gasteiger partial charge in [-0.1, -0.05) is 13.0 Å². The Hall–Kier alpha value is -2.63. The number of amides is 1. The second kappa shape index (κ2) is 9.68. The van der Waals surface area contributed by atoms with E-state index >= 15 is 0 Å². The predicted octanol–water partition coefficient (Wildman–Crippen LogP) is 5.83. The zero-order valence-electron chi connectivity index (χ0n) is 20.2. The van der Waals surface area contributed by atoms with E-state index in [-0.39, 0.29) is 17.5 Å². The van der Waals surface area contributed by atoms with Crippen LogP contribution in [0.1, 0.15) is 38.8 Å². The van der Waals surface area contributed by atoms with Gasteiger partial charge in [0.05, 0.1) is 10.6 Å². The molecule has 0 radical (unpaired) electrons. The summed E-state index contributed by atoms with van der Waals surface area (Å²) in [6, 6.07) is 5.82. The number of aryl methyl sites for hydroxylation is 1. The molecule has 11 heteroatoms. The molecule has 0 fully saturated rings. The van der Waals surface area contributed by atoms with E-state index in [0.717, 1.165) is 54.8 Å². The zero-order valence-corrected chi connectivity index (χ0v) is 21.8. The number of benzene rings is 1. The molecule has 1 N–H and O–H groups in total. The lowest BCUT2D eigenvalue weighted by Gasteiger charge is -2.28. The molecule has 36 heavy (non-hydrogen) atoms. The first-order chi connectivity index (χ1) is 17.1. The standard InChI is InChI=1S/C25H26F3N5OS2/c1-4-33-6-5-15-10-18(14(2)9-16(15)13-33)30-24-29-12-17(25(26,27)28)21(31-24)19-11-20-22(36-19)23(34)32(3)7-8-35-20/h9-12H,4-8,13H2,1-3H3,(H,29,30,31). The third-order valence-electron chi connectivity index (χ3n) is 6.58. The number of anilines is 2. The highest BCUT2D eigenvalue weighted by Gasteiger charge is 2.37. The number of carbonyl (C=O) groups excluding carboxylic acids is 1. The molecule has 0 unspecified atom stereocenters.